The van der Waals surface area contributed by atoms with Crippen molar-refractivity contribution in [3.8, 4) is 0 Å². The first-order valence-electron chi connectivity index (χ1n) is 5.40. The van der Waals surface area contributed by atoms with Gasteiger partial charge in [0.1, 0.15) is 0 Å². The molecule has 1 heterocycles. The summed E-state index contributed by atoms with van der Waals surface area (Å²) in [4.78, 5) is 1.23. The van der Waals surface area contributed by atoms with E-state index in [1.165, 1.54) is 10.4 Å². The van der Waals surface area contributed by atoms with Crippen LogP contribution in [0.4, 0.5) is 0 Å². The molecule has 1 atom stereocenters. The van der Waals surface area contributed by atoms with E-state index in [4.69, 9.17) is 11.6 Å². The molecule has 0 aliphatic heterocycles. The SMILES string of the molecule is CNC(c1cc(Br)cc(Br)c1)c1cc(C)c(Cl)s1. The molecule has 96 valence electrons. The molecule has 18 heavy (non-hydrogen) atoms. The van der Waals surface area contributed by atoms with E-state index in [-0.39, 0.29) is 6.04 Å². The first kappa shape index (κ1) is 14.5. The zero-order valence-corrected chi connectivity index (χ0v) is 14.7. The molecule has 0 radical (unpaired) electrons. The maximum atomic E-state index is 6.15. The normalized spacial score (nSPS) is 12.7. The Bertz CT molecular complexity index is 528. The molecule has 0 amide bonds. The zero-order valence-electron chi connectivity index (χ0n) is 9.93. The Morgan fingerprint density at radius 1 is 1.17 bits per heavy atom. The standard InChI is InChI=1S/C13H12Br2ClNS/c1-7-3-11(18-13(7)16)12(17-2)8-4-9(14)6-10(15)5-8/h3-6,12,17H,1-2H3. The van der Waals surface area contributed by atoms with Crippen molar-refractivity contribution in [1.29, 1.82) is 0 Å². The fourth-order valence-electron chi connectivity index (χ4n) is 1.84. The summed E-state index contributed by atoms with van der Waals surface area (Å²) < 4.78 is 2.98. The number of rotatable bonds is 3. The van der Waals surface area contributed by atoms with Crippen LogP contribution in [0.3, 0.4) is 0 Å². The van der Waals surface area contributed by atoms with Crippen molar-refractivity contribution in [3.05, 3.63) is 53.6 Å². The minimum Gasteiger partial charge on any atom is -0.309 e. The summed E-state index contributed by atoms with van der Waals surface area (Å²) in [5.41, 5.74) is 2.34. The number of nitrogens with one attached hydrogen (secondary N) is 1. The summed E-state index contributed by atoms with van der Waals surface area (Å²) >= 11 is 14.8. The molecule has 1 aromatic heterocycles. The van der Waals surface area contributed by atoms with E-state index in [0.717, 1.165) is 18.8 Å². The lowest BCUT2D eigenvalue weighted by Gasteiger charge is -2.15. The molecular weight excluding hydrogens is 397 g/mol. The Morgan fingerprint density at radius 3 is 2.22 bits per heavy atom. The maximum Gasteiger partial charge on any atom is 0.0961 e. The lowest BCUT2D eigenvalue weighted by atomic mass is 10.1. The van der Waals surface area contributed by atoms with Crippen molar-refractivity contribution in [2.75, 3.05) is 7.05 Å². The molecule has 0 saturated heterocycles. The van der Waals surface area contributed by atoms with Crippen molar-refractivity contribution in [1.82, 2.24) is 5.32 Å². The second-order valence-electron chi connectivity index (χ2n) is 4.03. The third-order valence-electron chi connectivity index (χ3n) is 2.67. The van der Waals surface area contributed by atoms with Crippen molar-refractivity contribution < 1.29 is 0 Å². The molecule has 1 N–H and O–H groups in total. The van der Waals surface area contributed by atoms with Crippen LogP contribution in [0, 0.1) is 6.92 Å². The van der Waals surface area contributed by atoms with E-state index in [2.05, 4.69) is 55.4 Å². The van der Waals surface area contributed by atoms with Crippen molar-refractivity contribution in [2.45, 2.75) is 13.0 Å². The minimum atomic E-state index is 0.162. The van der Waals surface area contributed by atoms with Gasteiger partial charge in [-0.2, -0.15) is 0 Å². The van der Waals surface area contributed by atoms with Gasteiger partial charge < -0.3 is 5.32 Å². The summed E-state index contributed by atoms with van der Waals surface area (Å²) in [6.45, 7) is 2.03. The highest BCUT2D eigenvalue weighted by Gasteiger charge is 2.16. The largest absolute Gasteiger partial charge is 0.309 e. The Hall–Kier alpha value is 0.130. The maximum absolute atomic E-state index is 6.15. The van der Waals surface area contributed by atoms with Gasteiger partial charge in [0.15, 0.2) is 0 Å². The monoisotopic (exact) mass is 407 g/mol. The molecule has 5 heteroatoms. The van der Waals surface area contributed by atoms with Gasteiger partial charge >= 0.3 is 0 Å². The molecule has 0 aliphatic carbocycles. The summed E-state index contributed by atoms with van der Waals surface area (Å²) in [6.07, 6.45) is 0. The molecule has 1 nitrogen and oxygen atoms in total. The fraction of sp³-hybridized carbons (Fsp3) is 0.231. The molecule has 0 aliphatic rings. The topological polar surface area (TPSA) is 12.0 Å². The van der Waals surface area contributed by atoms with Crippen molar-refractivity contribution in [3.63, 3.8) is 0 Å². The first-order valence-corrected chi connectivity index (χ1v) is 8.18. The Morgan fingerprint density at radius 2 is 1.78 bits per heavy atom. The van der Waals surface area contributed by atoms with Crippen LogP contribution in [0.5, 0.6) is 0 Å². The van der Waals surface area contributed by atoms with Gasteiger partial charge in [0.25, 0.3) is 0 Å². The fourth-order valence-corrected chi connectivity index (χ4v) is 4.53. The highest BCUT2D eigenvalue weighted by atomic mass is 79.9. The van der Waals surface area contributed by atoms with Crippen molar-refractivity contribution in [2.24, 2.45) is 0 Å². The van der Waals surface area contributed by atoms with E-state index in [1.54, 1.807) is 11.3 Å². The lowest BCUT2D eigenvalue weighted by Crippen LogP contribution is -2.16. The van der Waals surface area contributed by atoms with Gasteiger partial charge in [-0.15, -0.1) is 11.3 Å². The van der Waals surface area contributed by atoms with Gasteiger partial charge in [-0.25, -0.2) is 0 Å². The van der Waals surface area contributed by atoms with E-state index in [1.807, 2.05) is 20.0 Å². The smallest absolute Gasteiger partial charge is 0.0961 e. The second kappa shape index (κ2) is 6.06. The van der Waals surface area contributed by atoms with Gasteiger partial charge in [0.05, 0.1) is 10.4 Å². The molecule has 1 aromatic carbocycles. The summed E-state index contributed by atoms with van der Waals surface area (Å²) in [5, 5.41) is 3.34. The van der Waals surface area contributed by atoms with E-state index < -0.39 is 0 Å². The van der Waals surface area contributed by atoms with Crippen LogP contribution in [-0.4, -0.2) is 7.05 Å². The summed E-state index contributed by atoms with van der Waals surface area (Å²) in [7, 11) is 1.96. The Balaban J connectivity index is 2.44. The number of hydrogen-bond donors (Lipinski definition) is 1. The van der Waals surface area contributed by atoms with Crippen LogP contribution in [0.1, 0.15) is 22.0 Å². The Kier molecular flexibility index (Phi) is 4.89. The number of benzene rings is 1. The first-order chi connectivity index (χ1) is 8.51. The number of halogens is 3. The third-order valence-corrected chi connectivity index (χ3v) is 5.20. The zero-order chi connectivity index (χ0) is 13.3. The van der Waals surface area contributed by atoms with Crippen LogP contribution < -0.4 is 5.32 Å². The van der Waals surface area contributed by atoms with Crippen LogP contribution >= 0.6 is 54.8 Å². The molecule has 2 rings (SSSR count). The quantitative estimate of drug-likeness (QED) is 0.701. The van der Waals surface area contributed by atoms with Gasteiger partial charge in [-0.1, -0.05) is 43.5 Å². The molecule has 0 saturated carbocycles. The van der Waals surface area contributed by atoms with Gasteiger partial charge in [0, 0.05) is 13.8 Å². The van der Waals surface area contributed by atoms with Gasteiger partial charge in [0.2, 0.25) is 0 Å². The highest BCUT2D eigenvalue weighted by Crippen LogP contribution is 2.35. The predicted octanol–water partition coefficient (Wildman–Crippen LogP) is 5.54. The molecule has 0 spiro atoms. The van der Waals surface area contributed by atoms with Gasteiger partial charge in [-0.05, 0) is 49.4 Å². The summed E-state index contributed by atoms with van der Waals surface area (Å²) in [6, 6.07) is 8.57. The Labute approximate surface area is 133 Å². The number of hydrogen-bond acceptors (Lipinski definition) is 2. The number of aryl methyl sites for hydroxylation is 1. The molecule has 0 fully saturated rings. The van der Waals surface area contributed by atoms with Gasteiger partial charge in [-0.3, -0.25) is 0 Å². The average molecular weight is 410 g/mol. The van der Waals surface area contributed by atoms with Crippen LogP contribution in [0.2, 0.25) is 4.34 Å². The molecular formula is C13H12Br2ClNS. The van der Waals surface area contributed by atoms with Crippen molar-refractivity contribution >= 4 is 54.8 Å². The molecule has 0 bridgehead atoms. The highest BCUT2D eigenvalue weighted by molar-refractivity contribution is 9.11. The van der Waals surface area contributed by atoms with E-state index in [9.17, 15) is 0 Å². The van der Waals surface area contributed by atoms with Crippen LogP contribution in [-0.2, 0) is 0 Å². The van der Waals surface area contributed by atoms with Crippen LogP contribution in [0.15, 0.2) is 33.2 Å². The number of thiophene rings is 1. The summed E-state index contributed by atoms with van der Waals surface area (Å²) in [5.74, 6) is 0. The van der Waals surface area contributed by atoms with E-state index >= 15 is 0 Å². The third kappa shape index (κ3) is 3.17. The minimum absolute atomic E-state index is 0.162. The van der Waals surface area contributed by atoms with E-state index in [0.29, 0.717) is 0 Å². The van der Waals surface area contributed by atoms with Crippen LogP contribution in [0.25, 0.3) is 0 Å². The lowest BCUT2D eigenvalue weighted by molar-refractivity contribution is 0.703. The molecule has 1 unspecified atom stereocenters. The average Bonchev–Trinajstić information content (AvgIpc) is 2.58. The predicted molar refractivity (Wildman–Crippen MR) is 86.8 cm³/mol. The second-order valence-corrected chi connectivity index (χ2v) is 7.55. The molecule has 2 aromatic rings.